The highest BCUT2D eigenvalue weighted by Gasteiger charge is 2.30. The first-order valence-corrected chi connectivity index (χ1v) is 6.84. The Balaban J connectivity index is 2.03. The monoisotopic (exact) mass is 312 g/mol. The number of β-amino-alcohol motifs (C(OH)–C–C–N with tert-alkyl or cyclic N) is 1. The summed E-state index contributed by atoms with van der Waals surface area (Å²) in [5.74, 6) is -0.297. The quantitative estimate of drug-likeness (QED) is 0.884. The fourth-order valence-corrected chi connectivity index (χ4v) is 2.83. The van der Waals surface area contributed by atoms with E-state index in [2.05, 4.69) is 15.9 Å². The van der Waals surface area contributed by atoms with E-state index >= 15 is 0 Å². The molecule has 0 bridgehead atoms. The zero-order chi connectivity index (χ0) is 13.1. The third-order valence-electron chi connectivity index (χ3n) is 3.33. The van der Waals surface area contributed by atoms with E-state index in [1.807, 2.05) is 29.2 Å². The molecule has 0 radical (unpaired) electrons. The molecule has 0 spiro atoms. The molecule has 1 aliphatic rings. The van der Waals surface area contributed by atoms with Gasteiger partial charge in [0.15, 0.2) is 0 Å². The molecule has 1 heterocycles. The van der Waals surface area contributed by atoms with Gasteiger partial charge in [0.1, 0.15) is 0 Å². The number of carbonyl (C=O) groups is 1. The smallest absolute Gasteiger partial charge is 0.234 e. The normalized spacial score (nSPS) is 22.0. The molecule has 1 aliphatic heterocycles. The van der Waals surface area contributed by atoms with Crippen molar-refractivity contribution in [2.75, 3.05) is 13.1 Å². The van der Waals surface area contributed by atoms with E-state index in [-0.39, 0.29) is 11.9 Å². The van der Waals surface area contributed by atoms with Crippen molar-refractivity contribution in [3.8, 4) is 0 Å². The summed E-state index contributed by atoms with van der Waals surface area (Å²) in [5, 5.41) is 10.2. The summed E-state index contributed by atoms with van der Waals surface area (Å²) in [5.41, 5.74) is 6.20. The van der Waals surface area contributed by atoms with E-state index in [9.17, 15) is 9.90 Å². The van der Waals surface area contributed by atoms with Gasteiger partial charge >= 0.3 is 0 Å². The maximum absolute atomic E-state index is 11.3. The van der Waals surface area contributed by atoms with E-state index in [1.165, 1.54) is 0 Å². The number of aliphatic hydroxyl groups is 1. The Morgan fingerprint density at radius 2 is 2.39 bits per heavy atom. The third-order valence-corrected chi connectivity index (χ3v) is 3.83. The number of hydrogen-bond acceptors (Lipinski definition) is 3. The standard InChI is InChI=1S/C13H17BrN2O2/c14-10-4-1-3-9(7-10)12(17)8-16-6-2-5-11(16)13(15)18/h1,3-4,7,11-12,17H,2,5-6,8H2,(H2,15,18). The van der Waals surface area contributed by atoms with Crippen LogP contribution in [0.25, 0.3) is 0 Å². The first kappa shape index (κ1) is 13.5. The molecule has 2 rings (SSSR count). The van der Waals surface area contributed by atoms with Gasteiger partial charge in [0, 0.05) is 11.0 Å². The average Bonchev–Trinajstić information content (AvgIpc) is 2.77. The van der Waals surface area contributed by atoms with Crippen molar-refractivity contribution in [2.45, 2.75) is 25.0 Å². The summed E-state index contributed by atoms with van der Waals surface area (Å²) in [6, 6.07) is 7.34. The van der Waals surface area contributed by atoms with Crippen molar-refractivity contribution in [3.05, 3.63) is 34.3 Å². The van der Waals surface area contributed by atoms with Crippen LogP contribution >= 0.6 is 15.9 Å². The van der Waals surface area contributed by atoms with Gasteiger partial charge in [-0.3, -0.25) is 9.69 Å². The van der Waals surface area contributed by atoms with Gasteiger partial charge in [-0.1, -0.05) is 28.1 Å². The molecule has 1 aromatic carbocycles. The van der Waals surface area contributed by atoms with Gasteiger partial charge in [-0.05, 0) is 37.1 Å². The van der Waals surface area contributed by atoms with Crippen LogP contribution in [0.5, 0.6) is 0 Å². The zero-order valence-corrected chi connectivity index (χ0v) is 11.6. The second-order valence-corrected chi connectivity index (χ2v) is 5.54. The van der Waals surface area contributed by atoms with Crippen LogP contribution in [0.2, 0.25) is 0 Å². The van der Waals surface area contributed by atoms with Crippen LogP contribution in [-0.2, 0) is 4.79 Å². The second-order valence-electron chi connectivity index (χ2n) is 4.63. The first-order valence-electron chi connectivity index (χ1n) is 6.05. The molecule has 5 heteroatoms. The topological polar surface area (TPSA) is 66.6 Å². The van der Waals surface area contributed by atoms with Gasteiger partial charge in [0.2, 0.25) is 5.91 Å². The van der Waals surface area contributed by atoms with Crippen LogP contribution in [0.4, 0.5) is 0 Å². The van der Waals surface area contributed by atoms with Gasteiger partial charge in [0.25, 0.3) is 0 Å². The predicted molar refractivity (Wildman–Crippen MR) is 72.9 cm³/mol. The minimum absolute atomic E-state index is 0.230. The predicted octanol–water partition coefficient (Wildman–Crippen LogP) is 1.43. The number of hydrogen-bond donors (Lipinski definition) is 2. The van der Waals surface area contributed by atoms with E-state index in [0.717, 1.165) is 29.4 Å². The fraction of sp³-hybridized carbons (Fsp3) is 0.462. The van der Waals surface area contributed by atoms with Crippen LogP contribution in [-0.4, -0.2) is 35.0 Å². The molecule has 0 aliphatic carbocycles. The molecular formula is C13H17BrN2O2. The highest BCUT2D eigenvalue weighted by atomic mass is 79.9. The van der Waals surface area contributed by atoms with Crippen molar-refractivity contribution in [1.29, 1.82) is 0 Å². The van der Waals surface area contributed by atoms with Crippen molar-refractivity contribution in [1.82, 2.24) is 4.90 Å². The van der Waals surface area contributed by atoms with Crippen molar-refractivity contribution < 1.29 is 9.90 Å². The number of benzene rings is 1. The van der Waals surface area contributed by atoms with Gasteiger partial charge < -0.3 is 10.8 Å². The molecule has 1 aromatic rings. The molecule has 1 fully saturated rings. The third kappa shape index (κ3) is 3.10. The molecule has 1 saturated heterocycles. The maximum atomic E-state index is 11.3. The van der Waals surface area contributed by atoms with Gasteiger partial charge in [0.05, 0.1) is 12.1 Å². The number of nitrogens with zero attached hydrogens (tertiary/aromatic N) is 1. The highest BCUT2D eigenvalue weighted by molar-refractivity contribution is 9.10. The lowest BCUT2D eigenvalue weighted by molar-refractivity contribution is -0.122. The molecule has 4 nitrogen and oxygen atoms in total. The van der Waals surface area contributed by atoms with Crippen LogP contribution < -0.4 is 5.73 Å². The zero-order valence-electron chi connectivity index (χ0n) is 10.1. The van der Waals surface area contributed by atoms with Crippen molar-refractivity contribution in [2.24, 2.45) is 5.73 Å². The van der Waals surface area contributed by atoms with Crippen LogP contribution in [0, 0.1) is 0 Å². The number of aliphatic hydroxyl groups excluding tert-OH is 1. The second kappa shape index (κ2) is 5.82. The van der Waals surface area contributed by atoms with Crippen LogP contribution in [0.1, 0.15) is 24.5 Å². The van der Waals surface area contributed by atoms with Gasteiger partial charge in [-0.15, -0.1) is 0 Å². The minimum Gasteiger partial charge on any atom is -0.387 e. The molecule has 98 valence electrons. The summed E-state index contributed by atoms with van der Waals surface area (Å²) >= 11 is 3.38. The average molecular weight is 313 g/mol. The lowest BCUT2D eigenvalue weighted by atomic mass is 10.1. The summed E-state index contributed by atoms with van der Waals surface area (Å²) in [4.78, 5) is 13.2. The summed E-state index contributed by atoms with van der Waals surface area (Å²) < 4.78 is 0.937. The fourth-order valence-electron chi connectivity index (χ4n) is 2.41. The Labute approximate surface area is 115 Å². The summed E-state index contributed by atoms with van der Waals surface area (Å²) in [7, 11) is 0. The summed E-state index contributed by atoms with van der Waals surface area (Å²) in [6.45, 7) is 1.27. The SMILES string of the molecule is NC(=O)C1CCCN1CC(O)c1cccc(Br)c1. The van der Waals surface area contributed by atoms with Gasteiger partial charge in [-0.25, -0.2) is 0 Å². The van der Waals surface area contributed by atoms with E-state index < -0.39 is 6.10 Å². The van der Waals surface area contributed by atoms with Crippen molar-refractivity contribution >= 4 is 21.8 Å². The van der Waals surface area contributed by atoms with Gasteiger partial charge in [-0.2, -0.15) is 0 Å². The number of amides is 1. The maximum Gasteiger partial charge on any atom is 0.234 e. The molecule has 3 N–H and O–H groups in total. The van der Waals surface area contributed by atoms with E-state index in [4.69, 9.17) is 5.73 Å². The Morgan fingerprint density at radius 3 is 3.06 bits per heavy atom. The van der Waals surface area contributed by atoms with Crippen LogP contribution in [0.15, 0.2) is 28.7 Å². The molecule has 1 amide bonds. The number of rotatable bonds is 4. The number of primary amides is 1. The lowest BCUT2D eigenvalue weighted by Crippen LogP contribution is -2.42. The number of halogens is 1. The highest BCUT2D eigenvalue weighted by Crippen LogP contribution is 2.23. The van der Waals surface area contributed by atoms with E-state index in [0.29, 0.717) is 6.54 Å². The Bertz CT molecular complexity index is 439. The van der Waals surface area contributed by atoms with Crippen LogP contribution in [0.3, 0.4) is 0 Å². The lowest BCUT2D eigenvalue weighted by Gasteiger charge is -2.24. The Kier molecular flexibility index (Phi) is 4.37. The molecule has 18 heavy (non-hydrogen) atoms. The molecule has 0 aromatic heterocycles. The number of carbonyl (C=O) groups excluding carboxylic acids is 1. The van der Waals surface area contributed by atoms with E-state index in [1.54, 1.807) is 0 Å². The molecule has 2 unspecified atom stereocenters. The minimum atomic E-state index is -0.595. The first-order chi connectivity index (χ1) is 8.58. The number of likely N-dealkylation sites (tertiary alicyclic amines) is 1. The number of nitrogens with two attached hydrogens (primary N) is 1. The summed E-state index contributed by atoms with van der Waals surface area (Å²) in [6.07, 6.45) is 1.15. The van der Waals surface area contributed by atoms with Crippen molar-refractivity contribution in [3.63, 3.8) is 0 Å². The molecule has 2 atom stereocenters. The largest absolute Gasteiger partial charge is 0.387 e. The molecular weight excluding hydrogens is 296 g/mol. The molecule has 0 saturated carbocycles. The Morgan fingerprint density at radius 1 is 1.61 bits per heavy atom. The Hall–Kier alpha value is -0.910.